The van der Waals surface area contributed by atoms with Crippen molar-refractivity contribution in [3.8, 4) is 5.75 Å². The van der Waals surface area contributed by atoms with Gasteiger partial charge in [-0.05, 0) is 48.8 Å². The van der Waals surface area contributed by atoms with Crippen LogP contribution in [0.5, 0.6) is 5.75 Å². The van der Waals surface area contributed by atoms with Crippen LogP contribution in [0.15, 0.2) is 27.5 Å². The fraction of sp³-hybridized carbons (Fsp3) is 0.333. The zero-order chi connectivity index (χ0) is 13.9. The zero-order valence-corrected chi connectivity index (χ0v) is 11.7. The van der Waals surface area contributed by atoms with E-state index in [1.165, 1.54) is 12.1 Å². The summed E-state index contributed by atoms with van der Waals surface area (Å²) in [6.45, 7) is 4.94. The Morgan fingerprint density at radius 1 is 1.33 bits per heavy atom. The van der Waals surface area contributed by atoms with Gasteiger partial charge in [0, 0.05) is 0 Å². The van der Waals surface area contributed by atoms with Gasteiger partial charge >= 0.3 is 6.16 Å². The first kappa shape index (κ1) is 14.6. The Hall–Kier alpha value is -1.43. The van der Waals surface area contributed by atoms with E-state index in [-0.39, 0.29) is 4.47 Å². The third-order valence-electron chi connectivity index (χ3n) is 1.70. The van der Waals surface area contributed by atoms with Crippen LogP contribution >= 0.6 is 15.9 Å². The molecule has 0 unspecified atom stereocenters. The van der Waals surface area contributed by atoms with Gasteiger partial charge in [0.2, 0.25) is 0 Å². The minimum absolute atomic E-state index is 0.169. The maximum atomic E-state index is 13.2. The van der Waals surface area contributed by atoms with E-state index in [0.29, 0.717) is 0 Å². The lowest BCUT2D eigenvalue weighted by Crippen LogP contribution is -2.27. The van der Waals surface area contributed by atoms with Crippen molar-refractivity contribution in [2.75, 3.05) is 0 Å². The molecule has 1 aromatic rings. The minimum atomic E-state index is -1.06. The van der Waals surface area contributed by atoms with E-state index in [4.69, 9.17) is 9.47 Å². The fourth-order valence-corrected chi connectivity index (χ4v) is 1.45. The lowest BCUT2D eigenvalue weighted by Gasteiger charge is -2.18. The Labute approximate surface area is 112 Å². The van der Waals surface area contributed by atoms with Gasteiger partial charge in [-0.3, -0.25) is 4.79 Å². The molecule has 4 nitrogen and oxygen atoms in total. The van der Waals surface area contributed by atoms with Crippen LogP contribution in [0.3, 0.4) is 0 Å². The molecule has 0 aliphatic carbocycles. The molecule has 98 valence electrons. The van der Waals surface area contributed by atoms with Gasteiger partial charge in [-0.25, -0.2) is 9.18 Å². The second-order valence-electron chi connectivity index (χ2n) is 4.45. The second-order valence-corrected chi connectivity index (χ2v) is 5.30. The maximum Gasteiger partial charge on any atom is 0.514 e. The quantitative estimate of drug-likeness (QED) is 0.746. The van der Waals surface area contributed by atoms with Crippen LogP contribution < -0.4 is 10.2 Å². The molecule has 0 heterocycles. The monoisotopic (exact) mass is 318 g/mol. The van der Waals surface area contributed by atoms with Crippen LogP contribution in [-0.4, -0.2) is 11.8 Å². The molecule has 0 atom stereocenters. The van der Waals surface area contributed by atoms with Gasteiger partial charge in [-0.15, -0.1) is 0 Å². The van der Waals surface area contributed by atoms with Crippen molar-refractivity contribution in [2.24, 2.45) is 0 Å². The predicted octanol–water partition coefficient (Wildman–Crippen LogP) is 3.26. The van der Waals surface area contributed by atoms with Gasteiger partial charge in [0.05, 0.1) is 4.47 Å². The minimum Gasteiger partial charge on any atom is -0.428 e. The SMILES string of the molecule is CC(C)(C)OC(=O)Oc1c(Br)cccc(F)c1=O. The number of ether oxygens (including phenoxy) is 2. The molecule has 0 amide bonds. The van der Waals surface area contributed by atoms with E-state index >= 15 is 0 Å². The standard InChI is InChI=1S/C12H12BrFO4/c1-12(2,3)18-11(16)17-10-7(13)5-4-6-8(14)9(10)15/h4-6H,1-3H3. The average Bonchev–Trinajstić information content (AvgIpc) is 2.30. The van der Waals surface area contributed by atoms with Gasteiger partial charge < -0.3 is 9.47 Å². The summed E-state index contributed by atoms with van der Waals surface area (Å²) in [5.74, 6) is -1.45. The second kappa shape index (κ2) is 5.48. The highest BCUT2D eigenvalue weighted by Crippen LogP contribution is 2.21. The molecule has 0 bridgehead atoms. The Morgan fingerprint density at radius 3 is 2.50 bits per heavy atom. The number of hydrogen-bond donors (Lipinski definition) is 0. The van der Waals surface area contributed by atoms with Crippen molar-refractivity contribution in [1.29, 1.82) is 0 Å². The molecule has 0 aliphatic heterocycles. The molecule has 0 aliphatic rings. The largest absolute Gasteiger partial charge is 0.514 e. The van der Waals surface area contributed by atoms with Crippen LogP contribution in [0.1, 0.15) is 20.8 Å². The average molecular weight is 319 g/mol. The lowest BCUT2D eigenvalue weighted by atomic mass is 10.2. The molecule has 0 fully saturated rings. The molecule has 0 saturated heterocycles. The summed E-state index contributed by atoms with van der Waals surface area (Å²) < 4.78 is 23.0. The number of carbonyl (C=O) groups is 1. The zero-order valence-electron chi connectivity index (χ0n) is 10.1. The predicted molar refractivity (Wildman–Crippen MR) is 67.2 cm³/mol. The van der Waals surface area contributed by atoms with E-state index in [0.717, 1.165) is 6.07 Å². The molecule has 0 radical (unpaired) electrons. The van der Waals surface area contributed by atoms with E-state index < -0.39 is 28.8 Å². The third-order valence-corrected chi connectivity index (χ3v) is 2.32. The van der Waals surface area contributed by atoms with Crippen molar-refractivity contribution >= 4 is 22.1 Å². The molecule has 0 aromatic heterocycles. The van der Waals surface area contributed by atoms with Crippen molar-refractivity contribution in [3.63, 3.8) is 0 Å². The molecular weight excluding hydrogens is 307 g/mol. The molecule has 1 rings (SSSR count). The van der Waals surface area contributed by atoms with Crippen LogP contribution in [0.2, 0.25) is 0 Å². The summed E-state index contributed by atoms with van der Waals surface area (Å²) in [4.78, 5) is 23.0. The van der Waals surface area contributed by atoms with E-state index in [1.54, 1.807) is 20.8 Å². The summed E-state index contributed by atoms with van der Waals surface area (Å²) >= 11 is 3.02. The first-order valence-electron chi connectivity index (χ1n) is 5.10. The van der Waals surface area contributed by atoms with Crippen LogP contribution in [0.4, 0.5) is 9.18 Å². The molecule has 0 saturated carbocycles. The van der Waals surface area contributed by atoms with Gasteiger partial charge in [0.15, 0.2) is 11.6 Å². The summed E-state index contributed by atoms with van der Waals surface area (Å²) in [5, 5.41) is 0. The van der Waals surface area contributed by atoms with E-state index in [9.17, 15) is 14.0 Å². The topological polar surface area (TPSA) is 52.6 Å². The molecule has 0 N–H and O–H groups in total. The summed E-state index contributed by atoms with van der Waals surface area (Å²) in [5.41, 5.74) is -1.78. The van der Waals surface area contributed by atoms with Gasteiger partial charge in [-0.2, -0.15) is 0 Å². The van der Waals surface area contributed by atoms with Crippen LogP contribution in [0, 0.1) is 5.82 Å². The van der Waals surface area contributed by atoms with Crippen molar-refractivity contribution in [2.45, 2.75) is 26.4 Å². The smallest absolute Gasteiger partial charge is 0.428 e. The lowest BCUT2D eigenvalue weighted by molar-refractivity contribution is 0.0202. The normalized spacial score (nSPS) is 10.9. The molecule has 1 aromatic carbocycles. The first-order valence-corrected chi connectivity index (χ1v) is 5.89. The number of halogens is 2. The molecule has 18 heavy (non-hydrogen) atoms. The van der Waals surface area contributed by atoms with Gasteiger partial charge in [0.1, 0.15) is 5.60 Å². The van der Waals surface area contributed by atoms with Crippen LogP contribution in [0.25, 0.3) is 0 Å². The van der Waals surface area contributed by atoms with Crippen molar-refractivity contribution in [1.82, 2.24) is 0 Å². The molecule has 0 spiro atoms. The molecular formula is C12H12BrFO4. The Balaban J connectivity index is 3.07. The maximum absolute atomic E-state index is 13.2. The number of hydrogen-bond acceptors (Lipinski definition) is 4. The number of carbonyl (C=O) groups excluding carboxylic acids is 1. The highest BCUT2D eigenvalue weighted by Gasteiger charge is 2.20. The Morgan fingerprint density at radius 2 is 1.94 bits per heavy atom. The fourth-order valence-electron chi connectivity index (χ4n) is 1.03. The first-order chi connectivity index (χ1) is 8.20. The van der Waals surface area contributed by atoms with Crippen LogP contribution in [-0.2, 0) is 4.74 Å². The van der Waals surface area contributed by atoms with Crippen molar-refractivity contribution in [3.05, 3.63) is 38.7 Å². The third kappa shape index (κ3) is 4.10. The Kier molecular flexibility index (Phi) is 4.45. The van der Waals surface area contributed by atoms with E-state index in [2.05, 4.69) is 15.9 Å². The molecule has 6 heteroatoms. The summed E-state index contributed by atoms with van der Waals surface area (Å²) in [6.07, 6.45) is -1.06. The number of rotatable bonds is 1. The Bertz CT molecular complexity index is 522. The van der Waals surface area contributed by atoms with E-state index in [1.807, 2.05) is 0 Å². The van der Waals surface area contributed by atoms with Crippen molar-refractivity contribution < 1.29 is 18.7 Å². The highest BCUT2D eigenvalue weighted by molar-refractivity contribution is 9.10. The van der Waals surface area contributed by atoms with Gasteiger partial charge in [-0.1, -0.05) is 6.07 Å². The summed E-state index contributed by atoms with van der Waals surface area (Å²) in [6, 6.07) is 3.70. The van der Waals surface area contributed by atoms with Gasteiger partial charge in [0.25, 0.3) is 5.43 Å². The summed E-state index contributed by atoms with van der Waals surface area (Å²) in [7, 11) is 0. The highest BCUT2D eigenvalue weighted by atomic mass is 79.9.